The van der Waals surface area contributed by atoms with Crippen LogP contribution in [0.5, 0.6) is 0 Å². The maximum Gasteiger partial charge on any atom is 0.411 e. The number of nitrogens with one attached hydrogen (secondary N) is 1. The quantitative estimate of drug-likeness (QED) is 0.672. The van der Waals surface area contributed by atoms with E-state index >= 15 is 0 Å². The number of nitrogens with zero attached hydrogens (tertiary/aromatic N) is 2. The molecule has 0 saturated heterocycles. The predicted octanol–water partition coefficient (Wildman–Crippen LogP) is 4.03. The van der Waals surface area contributed by atoms with Crippen LogP contribution in [0.15, 0.2) is 41.0 Å². The van der Waals surface area contributed by atoms with Gasteiger partial charge in [0, 0.05) is 24.6 Å². The first-order valence-corrected chi connectivity index (χ1v) is 6.89. The summed E-state index contributed by atoms with van der Waals surface area (Å²) in [6.45, 7) is 8.09. The van der Waals surface area contributed by atoms with Crippen molar-refractivity contribution >= 4 is 23.3 Å². The third-order valence-corrected chi connectivity index (χ3v) is 2.77. The third kappa shape index (κ3) is 5.69. The molecule has 0 aromatic heterocycles. The fourth-order valence-electron chi connectivity index (χ4n) is 1.55. The van der Waals surface area contributed by atoms with Gasteiger partial charge in [-0.2, -0.15) is 0 Å². The van der Waals surface area contributed by atoms with Crippen molar-refractivity contribution < 1.29 is 9.53 Å². The van der Waals surface area contributed by atoms with Crippen molar-refractivity contribution in [2.75, 3.05) is 23.9 Å². The molecule has 0 fully saturated rings. The van der Waals surface area contributed by atoms with Crippen LogP contribution < -0.4 is 10.2 Å². The summed E-state index contributed by atoms with van der Waals surface area (Å²) in [6.07, 6.45) is 1.39. The van der Waals surface area contributed by atoms with Crippen LogP contribution in [0.4, 0.5) is 16.2 Å². The molecule has 0 spiro atoms. The van der Waals surface area contributed by atoms with Crippen LogP contribution in [-0.4, -0.2) is 25.6 Å². The molecule has 0 aliphatic carbocycles. The monoisotopic (exact) mass is 289 g/mol. The van der Waals surface area contributed by atoms with Gasteiger partial charge in [0.05, 0.1) is 6.61 Å². The number of carbonyl (C=O) groups excluding carboxylic acids is 1. The molecule has 0 bridgehead atoms. The van der Waals surface area contributed by atoms with Gasteiger partial charge in [0.1, 0.15) is 5.84 Å². The Morgan fingerprint density at radius 2 is 1.90 bits per heavy atom. The van der Waals surface area contributed by atoms with E-state index in [1.807, 2.05) is 63.2 Å². The average Bonchev–Trinajstić information content (AvgIpc) is 2.45. The van der Waals surface area contributed by atoms with E-state index in [9.17, 15) is 4.79 Å². The standard InChI is InChI=1S/C16H23N3O2/c1-6-21-16(20)18-14-7-9-15(10-8-14)19(5)13(4)17-11-12(2)3/h7-11H,6H2,1-5H3,(H,18,20). The number of aliphatic imine (C=N–C) groups is 1. The number of anilines is 2. The fourth-order valence-corrected chi connectivity index (χ4v) is 1.55. The molecule has 0 unspecified atom stereocenters. The lowest BCUT2D eigenvalue weighted by Gasteiger charge is -2.18. The molecule has 0 aliphatic heterocycles. The predicted molar refractivity (Wildman–Crippen MR) is 88.0 cm³/mol. The molecule has 1 amide bonds. The van der Waals surface area contributed by atoms with Crippen LogP contribution in [0.2, 0.25) is 0 Å². The Bertz CT molecular complexity index is 529. The number of rotatable bonds is 4. The summed E-state index contributed by atoms with van der Waals surface area (Å²) >= 11 is 0. The first-order valence-electron chi connectivity index (χ1n) is 6.89. The van der Waals surface area contributed by atoms with E-state index in [1.165, 1.54) is 0 Å². The highest BCUT2D eigenvalue weighted by Crippen LogP contribution is 2.17. The Morgan fingerprint density at radius 3 is 2.43 bits per heavy atom. The molecular weight excluding hydrogens is 266 g/mol. The zero-order valence-corrected chi connectivity index (χ0v) is 13.3. The number of allylic oxidation sites excluding steroid dienone is 1. The second-order valence-electron chi connectivity index (χ2n) is 4.83. The molecule has 0 atom stereocenters. The first kappa shape index (κ1) is 16.8. The summed E-state index contributed by atoms with van der Waals surface area (Å²) in [7, 11) is 1.95. The Labute approximate surface area is 126 Å². The topological polar surface area (TPSA) is 53.9 Å². The van der Waals surface area contributed by atoms with Crippen molar-refractivity contribution in [1.82, 2.24) is 0 Å². The average molecular weight is 289 g/mol. The Kier molecular flexibility index (Phi) is 6.46. The normalized spacial score (nSPS) is 10.8. The van der Waals surface area contributed by atoms with E-state index in [0.717, 1.165) is 17.1 Å². The molecule has 0 radical (unpaired) electrons. The molecule has 0 aliphatic rings. The van der Waals surface area contributed by atoms with Gasteiger partial charge < -0.3 is 9.64 Å². The fraction of sp³-hybridized carbons (Fsp3) is 0.375. The van der Waals surface area contributed by atoms with Crippen molar-refractivity contribution in [3.05, 3.63) is 36.0 Å². The summed E-state index contributed by atoms with van der Waals surface area (Å²) < 4.78 is 4.83. The van der Waals surface area contributed by atoms with Gasteiger partial charge in [-0.15, -0.1) is 0 Å². The minimum Gasteiger partial charge on any atom is -0.450 e. The van der Waals surface area contributed by atoms with Gasteiger partial charge >= 0.3 is 6.09 Å². The van der Waals surface area contributed by atoms with E-state index in [4.69, 9.17) is 4.74 Å². The highest BCUT2D eigenvalue weighted by atomic mass is 16.5. The number of ether oxygens (including phenoxy) is 1. The molecule has 1 rings (SSSR count). The Balaban J connectivity index is 2.75. The summed E-state index contributed by atoms with van der Waals surface area (Å²) in [5.41, 5.74) is 2.84. The SMILES string of the molecule is CCOC(=O)Nc1ccc(N(C)C(C)=NC=C(C)C)cc1. The lowest BCUT2D eigenvalue weighted by atomic mass is 10.2. The van der Waals surface area contributed by atoms with E-state index in [2.05, 4.69) is 10.3 Å². The maximum absolute atomic E-state index is 11.3. The molecule has 5 nitrogen and oxygen atoms in total. The summed E-state index contributed by atoms with van der Waals surface area (Å²) in [6, 6.07) is 7.50. The zero-order valence-electron chi connectivity index (χ0n) is 13.3. The van der Waals surface area contributed by atoms with Gasteiger partial charge in [0.2, 0.25) is 0 Å². The van der Waals surface area contributed by atoms with Gasteiger partial charge in [0.25, 0.3) is 0 Å². The van der Waals surface area contributed by atoms with Crippen molar-refractivity contribution in [3.8, 4) is 0 Å². The van der Waals surface area contributed by atoms with Gasteiger partial charge in [0.15, 0.2) is 0 Å². The molecule has 5 heteroatoms. The second kappa shape index (κ2) is 8.09. The van der Waals surface area contributed by atoms with Gasteiger partial charge in [-0.05, 0) is 52.0 Å². The van der Waals surface area contributed by atoms with E-state index in [1.54, 1.807) is 6.92 Å². The van der Waals surface area contributed by atoms with E-state index < -0.39 is 6.09 Å². The lowest BCUT2D eigenvalue weighted by molar-refractivity contribution is 0.168. The molecule has 21 heavy (non-hydrogen) atoms. The zero-order chi connectivity index (χ0) is 15.8. The van der Waals surface area contributed by atoms with Crippen LogP contribution in [0, 0.1) is 0 Å². The lowest BCUT2D eigenvalue weighted by Crippen LogP contribution is -2.23. The Hall–Kier alpha value is -2.30. The van der Waals surface area contributed by atoms with Crippen molar-refractivity contribution in [2.45, 2.75) is 27.7 Å². The number of hydrogen-bond donors (Lipinski definition) is 1. The number of hydrogen-bond acceptors (Lipinski definition) is 3. The molecule has 114 valence electrons. The molecule has 0 heterocycles. The highest BCUT2D eigenvalue weighted by Gasteiger charge is 2.05. The number of amidine groups is 1. The summed E-state index contributed by atoms with van der Waals surface area (Å²) in [5.74, 6) is 0.891. The van der Waals surface area contributed by atoms with Crippen LogP contribution in [0.3, 0.4) is 0 Å². The molecule has 1 aromatic carbocycles. The van der Waals surface area contributed by atoms with Crippen molar-refractivity contribution in [1.29, 1.82) is 0 Å². The van der Waals surface area contributed by atoms with Gasteiger partial charge in [-0.25, -0.2) is 9.79 Å². The largest absolute Gasteiger partial charge is 0.450 e. The molecule has 0 saturated carbocycles. The summed E-state index contributed by atoms with van der Waals surface area (Å²) in [5, 5.41) is 2.66. The number of carbonyl (C=O) groups is 1. The van der Waals surface area contributed by atoms with Gasteiger partial charge in [-0.3, -0.25) is 5.32 Å². The van der Waals surface area contributed by atoms with Crippen LogP contribution in [-0.2, 0) is 4.74 Å². The minimum absolute atomic E-state index is 0.354. The van der Waals surface area contributed by atoms with Crippen LogP contribution in [0.25, 0.3) is 0 Å². The van der Waals surface area contributed by atoms with Crippen LogP contribution in [0.1, 0.15) is 27.7 Å². The maximum atomic E-state index is 11.3. The van der Waals surface area contributed by atoms with Crippen molar-refractivity contribution in [3.63, 3.8) is 0 Å². The van der Waals surface area contributed by atoms with Gasteiger partial charge in [-0.1, -0.05) is 5.57 Å². The van der Waals surface area contributed by atoms with Crippen LogP contribution >= 0.6 is 0 Å². The third-order valence-electron chi connectivity index (χ3n) is 2.77. The number of amides is 1. The number of benzene rings is 1. The smallest absolute Gasteiger partial charge is 0.411 e. The summed E-state index contributed by atoms with van der Waals surface area (Å²) in [4.78, 5) is 17.7. The van der Waals surface area contributed by atoms with Crippen molar-refractivity contribution in [2.24, 2.45) is 4.99 Å². The molecule has 1 aromatic rings. The molecule has 1 N–H and O–H groups in total. The minimum atomic E-state index is -0.445. The Morgan fingerprint density at radius 1 is 1.29 bits per heavy atom. The molecular formula is C16H23N3O2. The second-order valence-corrected chi connectivity index (χ2v) is 4.83. The van der Waals surface area contributed by atoms with E-state index in [-0.39, 0.29) is 0 Å². The van der Waals surface area contributed by atoms with E-state index in [0.29, 0.717) is 12.3 Å². The first-order chi connectivity index (χ1) is 9.93. The highest BCUT2D eigenvalue weighted by molar-refractivity contribution is 5.96.